The minimum atomic E-state index is -0.560. The maximum absolute atomic E-state index is 13.9. The van der Waals surface area contributed by atoms with Gasteiger partial charge < -0.3 is 9.15 Å². The van der Waals surface area contributed by atoms with Gasteiger partial charge in [0.15, 0.2) is 5.76 Å². The number of carbonyl (C=O) groups excluding carboxylic acids is 1. The van der Waals surface area contributed by atoms with E-state index in [4.69, 9.17) is 20.8 Å². The molecule has 0 saturated carbocycles. The van der Waals surface area contributed by atoms with Crippen LogP contribution in [0, 0.1) is 11.6 Å². The van der Waals surface area contributed by atoms with Gasteiger partial charge in [-0.3, -0.25) is 10.1 Å². The summed E-state index contributed by atoms with van der Waals surface area (Å²) in [5.41, 5.74) is 0.267. The molecule has 4 rings (SSSR count). The fourth-order valence-corrected chi connectivity index (χ4v) is 2.92. The van der Waals surface area contributed by atoms with Crippen molar-refractivity contribution >= 4 is 23.5 Å². The fourth-order valence-electron chi connectivity index (χ4n) is 2.70. The zero-order valence-electron chi connectivity index (χ0n) is 15.9. The highest BCUT2D eigenvalue weighted by Crippen LogP contribution is 2.20. The highest BCUT2D eigenvalue weighted by molar-refractivity contribution is 6.31. The lowest BCUT2D eigenvalue weighted by Crippen LogP contribution is -2.13. The van der Waals surface area contributed by atoms with Crippen LogP contribution in [0.4, 0.5) is 14.7 Å². The molecule has 0 unspecified atom stereocenters. The summed E-state index contributed by atoms with van der Waals surface area (Å²) in [4.78, 5) is 16.3. The van der Waals surface area contributed by atoms with Crippen LogP contribution in [-0.2, 0) is 13.2 Å². The molecule has 0 fully saturated rings. The van der Waals surface area contributed by atoms with Crippen LogP contribution >= 0.6 is 11.6 Å². The number of furan rings is 1. The normalized spacial score (nSPS) is 10.8. The van der Waals surface area contributed by atoms with Crippen LogP contribution in [0.5, 0.6) is 5.75 Å². The Morgan fingerprint density at radius 1 is 1.13 bits per heavy atom. The minimum absolute atomic E-state index is 0.0259. The van der Waals surface area contributed by atoms with Gasteiger partial charge in [-0.25, -0.2) is 18.4 Å². The molecular weight excluding hydrogens is 430 g/mol. The molecule has 0 radical (unpaired) electrons. The van der Waals surface area contributed by atoms with Crippen LogP contribution in [0.2, 0.25) is 5.02 Å². The number of halogens is 3. The van der Waals surface area contributed by atoms with Crippen molar-refractivity contribution in [3.63, 3.8) is 0 Å². The summed E-state index contributed by atoms with van der Waals surface area (Å²) in [6.45, 7) is 0.120. The zero-order valence-corrected chi connectivity index (χ0v) is 16.6. The number of benzene rings is 2. The van der Waals surface area contributed by atoms with E-state index in [9.17, 15) is 13.6 Å². The van der Waals surface area contributed by atoms with Crippen molar-refractivity contribution in [1.29, 1.82) is 0 Å². The average Bonchev–Trinajstić information content (AvgIpc) is 3.40. The highest BCUT2D eigenvalue weighted by atomic mass is 35.5. The van der Waals surface area contributed by atoms with Crippen molar-refractivity contribution in [2.45, 2.75) is 13.2 Å². The predicted molar refractivity (Wildman–Crippen MR) is 108 cm³/mol. The molecule has 1 amide bonds. The molecule has 2 aromatic heterocycles. The maximum Gasteiger partial charge on any atom is 0.293 e. The van der Waals surface area contributed by atoms with E-state index in [2.05, 4.69) is 15.4 Å². The molecule has 158 valence electrons. The molecule has 1 N–H and O–H groups in total. The standard InChI is InChI=1S/C21H15ClF2N4O3/c22-17-2-1-3-18(24)16(17)10-28-12-25-21(27-28)26-20(29)19-9-8-15(31-19)11-30-14-6-4-13(23)5-7-14/h1-9,12H,10-11H2,(H,26,27,29). The van der Waals surface area contributed by atoms with Crippen molar-refractivity contribution in [1.82, 2.24) is 14.8 Å². The maximum atomic E-state index is 13.9. The summed E-state index contributed by atoms with van der Waals surface area (Å²) in [6.07, 6.45) is 1.35. The van der Waals surface area contributed by atoms with Crippen LogP contribution in [0.25, 0.3) is 0 Å². The molecule has 2 heterocycles. The van der Waals surface area contributed by atoms with E-state index in [1.54, 1.807) is 12.1 Å². The van der Waals surface area contributed by atoms with Crippen LogP contribution < -0.4 is 10.1 Å². The molecule has 2 aromatic carbocycles. The van der Waals surface area contributed by atoms with Gasteiger partial charge in [-0.1, -0.05) is 17.7 Å². The van der Waals surface area contributed by atoms with Gasteiger partial charge in [0.1, 0.15) is 36.1 Å². The van der Waals surface area contributed by atoms with Gasteiger partial charge >= 0.3 is 0 Å². The number of rotatable bonds is 7. The van der Waals surface area contributed by atoms with E-state index in [0.717, 1.165) is 0 Å². The molecule has 10 heteroatoms. The summed E-state index contributed by atoms with van der Waals surface area (Å²) >= 11 is 6.01. The number of hydrogen-bond acceptors (Lipinski definition) is 5. The lowest BCUT2D eigenvalue weighted by Gasteiger charge is -2.05. The molecular formula is C21H15ClF2N4O3. The summed E-state index contributed by atoms with van der Waals surface area (Å²) < 4.78 is 39.1. The molecule has 0 aliphatic heterocycles. The summed E-state index contributed by atoms with van der Waals surface area (Å²) in [5, 5.41) is 6.87. The topological polar surface area (TPSA) is 82.2 Å². The van der Waals surface area contributed by atoms with Crippen molar-refractivity contribution in [3.8, 4) is 5.75 Å². The first kappa shape index (κ1) is 20.5. The first-order chi connectivity index (χ1) is 15.0. The second-order valence-corrected chi connectivity index (χ2v) is 6.84. The summed E-state index contributed by atoms with van der Waals surface area (Å²) in [6, 6.07) is 13.0. The lowest BCUT2D eigenvalue weighted by atomic mass is 10.2. The smallest absolute Gasteiger partial charge is 0.293 e. The number of carbonyl (C=O) groups is 1. The van der Waals surface area contributed by atoms with Gasteiger partial charge in [-0.05, 0) is 48.5 Å². The van der Waals surface area contributed by atoms with Gasteiger partial charge in [0, 0.05) is 10.6 Å². The third-order valence-electron chi connectivity index (χ3n) is 4.22. The van der Waals surface area contributed by atoms with Gasteiger partial charge in [0.2, 0.25) is 5.95 Å². The van der Waals surface area contributed by atoms with Gasteiger partial charge in [0.25, 0.3) is 5.91 Å². The number of nitrogens with one attached hydrogen (secondary N) is 1. The third kappa shape index (κ3) is 5.07. The van der Waals surface area contributed by atoms with Gasteiger partial charge in [-0.15, -0.1) is 5.10 Å². The third-order valence-corrected chi connectivity index (χ3v) is 4.58. The minimum Gasteiger partial charge on any atom is -0.486 e. The number of nitrogens with zero attached hydrogens (tertiary/aromatic N) is 3. The van der Waals surface area contributed by atoms with Crippen molar-refractivity contribution < 1.29 is 22.7 Å². The van der Waals surface area contributed by atoms with E-state index in [0.29, 0.717) is 11.5 Å². The van der Waals surface area contributed by atoms with Crippen LogP contribution in [-0.4, -0.2) is 20.7 Å². The monoisotopic (exact) mass is 444 g/mol. The summed E-state index contributed by atoms with van der Waals surface area (Å²) in [5.74, 6) is -0.452. The quantitative estimate of drug-likeness (QED) is 0.447. The Labute approximate surface area is 180 Å². The van der Waals surface area contributed by atoms with E-state index in [-0.39, 0.29) is 41.3 Å². The molecule has 4 aromatic rings. The fraction of sp³-hybridized carbons (Fsp3) is 0.0952. The van der Waals surface area contributed by atoms with Crippen LogP contribution in [0.1, 0.15) is 21.9 Å². The molecule has 0 saturated heterocycles. The van der Waals surface area contributed by atoms with Gasteiger partial charge in [0.05, 0.1) is 6.54 Å². The van der Waals surface area contributed by atoms with E-state index in [1.807, 2.05) is 0 Å². The zero-order chi connectivity index (χ0) is 21.8. The Hall–Kier alpha value is -3.72. The predicted octanol–water partition coefficient (Wildman–Crippen LogP) is 4.68. The number of amides is 1. The van der Waals surface area contributed by atoms with E-state index in [1.165, 1.54) is 53.5 Å². The molecule has 0 bridgehead atoms. The Balaban J connectivity index is 1.35. The highest BCUT2D eigenvalue weighted by Gasteiger charge is 2.15. The number of hydrogen-bond donors (Lipinski definition) is 1. The second kappa shape index (κ2) is 8.97. The Bertz CT molecular complexity index is 1190. The molecule has 0 aliphatic carbocycles. The SMILES string of the molecule is O=C(Nc1ncn(Cc2c(F)cccc2Cl)n1)c1ccc(COc2ccc(F)cc2)o1. The van der Waals surface area contributed by atoms with E-state index >= 15 is 0 Å². The molecule has 7 nitrogen and oxygen atoms in total. The van der Waals surface area contributed by atoms with Crippen molar-refractivity contribution in [3.05, 3.63) is 94.7 Å². The summed E-state index contributed by atoms with van der Waals surface area (Å²) in [7, 11) is 0. The molecule has 0 spiro atoms. The largest absolute Gasteiger partial charge is 0.486 e. The molecule has 0 atom stereocenters. The van der Waals surface area contributed by atoms with Gasteiger partial charge in [-0.2, -0.15) is 0 Å². The van der Waals surface area contributed by atoms with E-state index < -0.39 is 11.7 Å². The average molecular weight is 445 g/mol. The lowest BCUT2D eigenvalue weighted by molar-refractivity contribution is 0.0991. The number of anilines is 1. The molecule has 31 heavy (non-hydrogen) atoms. The van der Waals surface area contributed by atoms with Crippen LogP contribution in [0.15, 0.2) is 65.3 Å². The Morgan fingerprint density at radius 3 is 2.71 bits per heavy atom. The second-order valence-electron chi connectivity index (χ2n) is 6.43. The molecule has 0 aliphatic rings. The Morgan fingerprint density at radius 2 is 1.94 bits per heavy atom. The Kier molecular flexibility index (Phi) is 5.94. The first-order valence-electron chi connectivity index (χ1n) is 9.09. The van der Waals surface area contributed by atoms with Crippen molar-refractivity contribution in [2.24, 2.45) is 0 Å². The number of aromatic nitrogens is 3. The first-order valence-corrected chi connectivity index (χ1v) is 9.46. The van der Waals surface area contributed by atoms with Crippen LogP contribution in [0.3, 0.4) is 0 Å². The number of ether oxygens (including phenoxy) is 1. The van der Waals surface area contributed by atoms with Crippen molar-refractivity contribution in [2.75, 3.05) is 5.32 Å².